The van der Waals surface area contributed by atoms with Crippen molar-refractivity contribution in [2.45, 2.75) is 5.41 Å². The average Bonchev–Trinajstić information content (AvgIpc) is 4.05. The first kappa shape index (κ1) is 39.2. The molecule has 0 bridgehead atoms. The van der Waals surface area contributed by atoms with Gasteiger partial charge in [0.2, 0.25) is 0 Å². The van der Waals surface area contributed by atoms with Crippen LogP contribution < -0.4 is 4.90 Å². The number of hydrogen-bond donors (Lipinski definition) is 0. The highest BCUT2D eigenvalue weighted by atomic mass is 16.3. The highest BCUT2D eigenvalue weighted by molar-refractivity contribution is 6.34. The minimum Gasteiger partial charge on any atom is -0.455 e. The van der Waals surface area contributed by atoms with Crippen molar-refractivity contribution in [3.05, 3.63) is 278 Å². The van der Waals surface area contributed by atoms with Gasteiger partial charge in [0.1, 0.15) is 11.2 Å². The second-order valence-electron chi connectivity index (χ2n) is 18.4. The molecule has 2 heteroatoms. The van der Waals surface area contributed by atoms with Crippen LogP contribution in [0, 0.1) is 0 Å². The summed E-state index contributed by atoms with van der Waals surface area (Å²) in [5, 5.41) is 7.28. The Morgan fingerprint density at radius 1 is 0.406 bits per heavy atom. The lowest BCUT2D eigenvalue weighted by Crippen LogP contribution is -2.25. The van der Waals surface area contributed by atoms with E-state index in [4.69, 9.17) is 4.42 Å². The second-order valence-corrected chi connectivity index (χ2v) is 18.4. The SMILES string of the molecule is C=C/C=C(\C=C)c1ccc(N(c2ccc(-c3ccccc3)cc2)c2ccc(-c3ccc4c5cc6c(cc5c5cccc7oc3c4c75)-c3ccccc3C63c4ccccc4-c4ccccc43)cc2)cc1. The monoisotopic (exact) mass is 877 g/mol. The van der Waals surface area contributed by atoms with Gasteiger partial charge < -0.3 is 9.32 Å². The molecule has 0 atom stereocenters. The Labute approximate surface area is 401 Å². The summed E-state index contributed by atoms with van der Waals surface area (Å²) in [6.07, 6.45) is 5.67. The standard InChI is InChI=1S/C67H43NO/c1-3-15-42(4-2)44-26-32-47(33-27-44)68(48-34-28-45(29-35-48)43-16-6-5-7-17-43)49-36-30-46(31-37-49)50-38-39-55-57-41-62-58(40-56(57)54-21-14-25-63-64(54)65(55)66(50)69-63)53-20-10-13-24-61(53)67(62)59-22-11-8-18-51(59)52-19-9-12-23-60(52)67/h3-41H,1-2H2/b42-15+. The summed E-state index contributed by atoms with van der Waals surface area (Å²) in [6, 6.07) is 80.3. The van der Waals surface area contributed by atoms with Crippen LogP contribution in [0.1, 0.15) is 27.8 Å². The first-order valence-corrected chi connectivity index (χ1v) is 23.7. The molecule has 0 amide bonds. The Kier molecular flexibility index (Phi) is 8.53. The Morgan fingerprint density at radius 2 is 0.942 bits per heavy atom. The number of rotatable bonds is 8. The molecule has 0 saturated heterocycles. The van der Waals surface area contributed by atoms with Crippen molar-refractivity contribution in [3.63, 3.8) is 0 Å². The molecule has 0 saturated carbocycles. The Bertz CT molecular complexity index is 4030. The van der Waals surface area contributed by atoms with E-state index in [1.54, 1.807) is 6.08 Å². The third-order valence-corrected chi connectivity index (χ3v) is 15.0. The number of furan rings is 1. The number of fused-ring (bicyclic) bond motifs is 13. The molecule has 69 heavy (non-hydrogen) atoms. The van der Waals surface area contributed by atoms with Crippen molar-refractivity contribution in [2.24, 2.45) is 0 Å². The molecule has 0 fully saturated rings. The van der Waals surface area contributed by atoms with Crippen molar-refractivity contribution in [1.82, 2.24) is 0 Å². The summed E-state index contributed by atoms with van der Waals surface area (Å²) in [6.45, 7) is 7.95. The number of nitrogens with zero attached hydrogens (tertiary/aromatic N) is 1. The van der Waals surface area contributed by atoms with Crippen molar-refractivity contribution >= 4 is 66.1 Å². The number of hydrogen-bond acceptors (Lipinski definition) is 2. The lowest BCUT2D eigenvalue weighted by molar-refractivity contribution is 0.670. The van der Waals surface area contributed by atoms with Crippen molar-refractivity contribution in [3.8, 4) is 44.5 Å². The molecular weight excluding hydrogens is 835 g/mol. The van der Waals surface area contributed by atoms with Gasteiger partial charge in [0.05, 0.1) is 5.41 Å². The van der Waals surface area contributed by atoms with E-state index in [0.29, 0.717) is 0 Å². The molecule has 14 rings (SSSR count). The maximum atomic E-state index is 7.01. The fourth-order valence-electron chi connectivity index (χ4n) is 12.1. The molecule has 322 valence electrons. The van der Waals surface area contributed by atoms with E-state index in [0.717, 1.165) is 50.5 Å². The summed E-state index contributed by atoms with van der Waals surface area (Å²) in [5.74, 6) is 0. The Morgan fingerprint density at radius 3 is 1.57 bits per heavy atom. The zero-order valence-electron chi connectivity index (χ0n) is 37.8. The van der Waals surface area contributed by atoms with Crippen LogP contribution in [-0.2, 0) is 5.41 Å². The maximum Gasteiger partial charge on any atom is 0.143 e. The van der Waals surface area contributed by atoms with Crippen LogP contribution >= 0.6 is 0 Å². The summed E-state index contributed by atoms with van der Waals surface area (Å²) in [7, 11) is 0. The number of allylic oxidation sites excluding steroid dienone is 4. The molecule has 1 aromatic heterocycles. The summed E-state index contributed by atoms with van der Waals surface area (Å²) < 4.78 is 7.01. The fraction of sp³-hybridized carbons (Fsp3) is 0.0149. The van der Waals surface area contributed by atoms with Crippen molar-refractivity contribution in [1.29, 1.82) is 0 Å². The molecule has 2 aliphatic carbocycles. The topological polar surface area (TPSA) is 16.4 Å². The quantitative estimate of drug-likeness (QED) is 0.112. The van der Waals surface area contributed by atoms with Gasteiger partial charge in [0.15, 0.2) is 0 Å². The molecule has 1 spiro atoms. The van der Waals surface area contributed by atoms with Crippen LogP contribution in [0.15, 0.2) is 254 Å². The molecule has 0 radical (unpaired) electrons. The molecule has 11 aromatic carbocycles. The number of anilines is 3. The third kappa shape index (κ3) is 5.55. The van der Waals surface area contributed by atoms with Crippen LogP contribution in [0.25, 0.3) is 93.6 Å². The molecule has 2 nitrogen and oxygen atoms in total. The van der Waals surface area contributed by atoms with E-state index in [1.807, 2.05) is 12.2 Å². The predicted octanol–water partition coefficient (Wildman–Crippen LogP) is 18.2. The van der Waals surface area contributed by atoms with Crippen LogP contribution in [0.3, 0.4) is 0 Å². The molecule has 2 aliphatic rings. The second kappa shape index (κ2) is 15.0. The average molecular weight is 878 g/mol. The summed E-state index contributed by atoms with van der Waals surface area (Å²) >= 11 is 0. The Hall–Kier alpha value is -8.98. The highest BCUT2D eigenvalue weighted by Gasteiger charge is 2.51. The van der Waals surface area contributed by atoms with Crippen LogP contribution in [0.4, 0.5) is 17.1 Å². The first-order valence-electron chi connectivity index (χ1n) is 23.7. The third-order valence-electron chi connectivity index (χ3n) is 15.0. The molecule has 0 aliphatic heterocycles. The smallest absolute Gasteiger partial charge is 0.143 e. The minimum absolute atomic E-state index is 0.422. The lowest BCUT2D eigenvalue weighted by atomic mass is 9.70. The van der Waals surface area contributed by atoms with E-state index >= 15 is 0 Å². The van der Waals surface area contributed by atoms with Gasteiger partial charge in [-0.15, -0.1) is 0 Å². The minimum atomic E-state index is -0.422. The molecule has 0 N–H and O–H groups in total. The van der Waals surface area contributed by atoms with Gasteiger partial charge in [0.25, 0.3) is 0 Å². The lowest BCUT2D eigenvalue weighted by Gasteiger charge is -2.30. The van der Waals surface area contributed by atoms with E-state index in [1.165, 1.54) is 88.0 Å². The van der Waals surface area contributed by atoms with E-state index in [9.17, 15) is 0 Å². The van der Waals surface area contributed by atoms with Crippen LogP contribution in [0.2, 0.25) is 0 Å². The van der Waals surface area contributed by atoms with E-state index in [2.05, 4.69) is 236 Å². The van der Waals surface area contributed by atoms with Gasteiger partial charge in [-0.2, -0.15) is 0 Å². The van der Waals surface area contributed by atoms with Crippen molar-refractivity contribution in [2.75, 3.05) is 4.90 Å². The van der Waals surface area contributed by atoms with Gasteiger partial charge in [-0.05, 0) is 155 Å². The summed E-state index contributed by atoms with van der Waals surface area (Å²) in [4.78, 5) is 2.32. The maximum absolute atomic E-state index is 7.01. The largest absolute Gasteiger partial charge is 0.455 e. The highest BCUT2D eigenvalue weighted by Crippen LogP contribution is 2.63. The van der Waals surface area contributed by atoms with E-state index in [-0.39, 0.29) is 0 Å². The fourth-order valence-corrected chi connectivity index (χ4v) is 12.1. The zero-order valence-corrected chi connectivity index (χ0v) is 37.8. The van der Waals surface area contributed by atoms with Gasteiger partial charge in [0, 0.05) is 33.4 Å². The van der Waals surface area contributed by atoms with Gasteiger partial charge >= 0.3 is 0 Å². The molecular formula is C67H43NO. The van der Waals surface area contributed by atoms with E-state index < -0.39 is 5.41 Å². The molecule has 12 aromatic rings. The van der Waals surface area contributed by atoms with Crippen molar-refractivity contribution < 1.29 is 4.42 Å². The normalized spacial score (nSPS) is 13.2. The van der Waals surface area contributed by atoms with Crippen LogP contribution in [-0.4, -0.2) is 0 Å². The Balaban J connectivity index is 0.926. The zero-order chi connectivity index (χ0) is 45.8. The van der Waals surface area contributed by atoms with Gasteiger partial charge in [-0.1, -0.05) is 189 Å². The molecule has 0 unspecified atom stereocenters. The van der Waals surface area contributed by atoms with Gasteiger partial charge in [-0.25, -0.2) is 0 Å². The van der Waals surface area contributed by atoms with Crippen LogP contribution in [0.5, 0.6) is 0 Å². The van der Waals surface area contributed by atoms with Gasteiger partial charge in [-0.3, -0.25) is 0 Å². The number of benzene rings is 11. The first-order chi connectivity index (χ1) is 34.1. The molecule has 1 heterocycles. The summed E-state index contributed by atoms with van der Waals surface area (Å²) in [5.41, 5.74) is 21.9. The predicted molar refractivity (Wildman–Crippen MR) is 290 cm³/mol.